The lowest BCUT2D eigenvalue weighted by Gasteiger charge is -2.08. The van der Waals surface area contributed by atoms with E-state index >= 15 is 0 Å². The van der Waals surface area contributed by atoms with E-state index in [-0.39, 0.29) is 11.0 Å². The van der Waals surface area contributed by atoms with Gasteiger partial charge in [0.2, 0.25) is 0 Å². The van der Waals surface area contributed by atoms with Crippen molar-refractivity contribution in [2.24, 2.45) is 0 Å². The minimum Gasteiger partial charge on any atom is -0.367 e. The zero-order valence-corrected chi connectivity index (χ0v) is 11.6. The van der Waals surface area contributed by atoms with E-state index < -0.39 is 5.91 Å². The van der Waals surface area contributed by atoms with Gasteiger partial charge in [-0.3, -0.25) is 9.59 Å². The highest BCUT2D eigenvalue weighted by Gasteiger charge is 2.19. The van der Waals surface area contributed by atoms with E-state index in [1.165, 1.54) is 31.3 Å². The van der Waals surface area contributed by atoms with Gasteiger partial charge in [-0.15, -0.1) is 0 Å². The Morgan fingerprint density at radius 1 is 1.29 bits per heavy atom. The number of hydrogen-bond donors (Lipinski definition) is 3. The Bertz CT molecular complexity index is 704. The largest absolute Gasteiger partial charge is 0.367 e. The Morgan fingerprint density at radius 2 is 2.14 bits per heavy atom. The molecule has 0 bridgehead atoms. The van der Waals surface area contributed by atoms with Gasteiger partial charge in [-0.05, 0) is 30.5 Å². The number of rotatable bonds is 5. The average Bonchev–Trinajstić information content (AvgIpc) is 3.30. The number of carbonyl (C=O) groups is 1. The number of nitrogens with one attached hydrogen (secondary N) is 3. The number of H-pyrrole nitrogens is 1. The molecule has 0 unspecified atom stereocenters. The molecule has 3 N–H and O–H groups in total. The van der Waals surface area contributed by atoms with Gasteiger partial charge in [0, 0.05) is 36.7 Å². The number of aromatic nitrogens is 1. The molecule has 0 radical (unpaired) electrons. The molecule has 1 fully saturated rings. The third kappa shape index (κ3) is 3.58. The highest BCUT2D eigenvalue weighted by Crippen LogP contribution is 2.20. The van der Waals surface area contributed by atoms with Gasteiger partial charge in [-0.25, -0.2) is 0 Å². The molecule has 1 aromatic heterocycles. The summed E-state index contributed by atoms with van der Waals surface area (Å²) in [7, 11) is 0. The first-order valence-electron chi connectivity index (χ1n) is 7.03. The Morgan fingerprint density at radius 3 is 2.90 bits per heavy atom. The predicted octanol–water partition coefficient (Wildman–Crippen LogP) is 1.88. The highest BCUT2D eigenvalue weighted by atomic mass is 16.2. The molecule has 1 amide bonds. The van der Waals surface area contributed by atoms with Crippen LogP contribution in [0.4, 0.5) is 5.69 Å². The molecule has 0 spiro atoms. The van der Waals surface area contributed by atoms with E-state index in [4.69, 9.17) is 0 Å². The summed E-state index contributed by atoms with van der Waals surface area (Å²) in [6, 6.07) is 9.63. The molecule has 21 heavy (non-hydrogen) atoms. The molecule has 5 nitrogen and oxygen atoms in total. The highest BCUT2D eigenvalue weighted by molar-refractivity contribution is 6.03. The SMILES string of the molecule is O=C(Nc1cccc(CNC2CC2)c1)c1c[nH]ccc1=O. The monoisotopic (exact) mass is 283 g/mol. The molecular weight excluding hydrogens is 266 g/mol. The average molecular weight is 283 g/mol. The second-order valence-corrected chi connectivity index (χ2v) is 5.23. The van der Waals surface area contributed by atoms with E-state index in [0.717, 1.165) is 12.1 Å². The summed E-state index contributed by atoms with van der Waals surface area (Å²) >= 11 is 0. The first-order chi connectivity index (χ1) is 10.2. The van der Waals surface area contributed by atoms with Crippen molar-refractivity contribution in [1.82, 2.24) is 10.3 Å². The minimum absolute atomic E-state index is 0.110. The summed E-state index contributed by atoms with van der Waals surface area (Å²) in [5, 5.41) is 6.18. The molecule has 5 heteroatoms. The van der Waals surface area contributed by atoms with Gasteiger partial charge in [0.25, 0.3) is 5.91 Å². The number of amides is 1. The molecular formula is C16H17N3O2. The van der Waals surface area contributed by atoms with Crippen molar-refractivity contribution in [2.75, 3.05) is 5.32 Å². The molecule has 0 aliphatic heterocycles. The molecule has 1 saturated carbocycles. The normalized spacial score (nSPS) is 13.9. The van der Waals surface area contributed by atoms with Crippen molar-refractivity contribution in [3.05, 3.63) is 64.1 Å². The van der Waals surface area contributed by atoms with E-state index in [0.29, 0.717) is 11.7 Å². The molecule has 1 aliphatic rings. The molecule has 3 rings (SSSR count). The molecule has 1 aromatic carbocycles. The zero-order chi connectivity index (χ0) is 14.7. The zero-order valence-electron chi connectivity index (χ0n) is 11.6. The quantitative estimate of drug-likeness (QED) is 0.784. The molecule has 1 aliphatic carbocycles. The van der Waals surface area contributed by atoms with Gasteiger partial charge in [0.15, 0.2) is 5.43 Å². The summed E-state index contributed by atoms with van der Waals surface area (Å²) in [4.78, 5) is 26.4. The predicted molar refractivity (Wildman–Crippen MR) is 81.3 cm³/mol. The molecule has 1 heterocycles. The minimum atomic E-state index is -0.399. The summed E-state index contributed by atoms with van der Waals surface area (Å²) in [5.41, 5.74) is 1.62. The lowest BCUT2D eigenvalue weighted by Crippen LogP contribution is -2.21. The molecule has 0 saturated heterocycles. The Balaban J connectivity index is 1.69. The van der Waals surface area contributed by atoms with Crippen molar-refractivity contribution in [3.8, 4) is 0 Å². The third-order valence-electron chi connectivity index (χ3n) is 3.43. The van der Waals surface area contributed by atoms with E-state index in [1.807, 2.05) is 24.3 Å². The number of benzene rings is 1. The van der Waals surface area contributed by atoms with Crippen molar-refractivity contribution < 1.29 is 4.79 Å². The molecule has 2 aromatic rings. The van der Waals surface area contributed by atoms with Crippen LogP contribution in [0.2, 0.25) is 0 Å². The first-order valence-corrected chi connectivity index (χ1v) is 7.03. The second kappa shape index (κ2) is 5.93. The van der Waals surface area contributed by atoms with E-state index in [9.17, 15) is 9.59 Å². The van der Waals surface area contributed by atoms with Crippen molar-refractivity contribution in [3.63, 3.8) is 0 Å². The van der Waals surface area contributed by atoms with Crippen LogP contribution in [0.1, 0.15) is 28.8 Å². The summed E-state index contributed by atoms with van der Waals surface area (Å²) in [6.45, 7) is 0.792. The fourth-order valence-corrected chi connectivity index (χ4v) is 2.10. The van der Waals surface area contributed by atoms with Crippen LogP contribution in [0.5, 0.6) is 0 Å². The fraction of sp³-hybridized carbons (Fsp3) is 0.250. The van der Waals surface area contributed by atoms with Crippen LogP contribution in [0, 0.1) is 0 Å². The third-order valence-corrected chi connectivity index (χ3v) is 3.43. The van der Waals surface area contributed by atoms with E-state index in [1.54, 1.807) is 0 Å². The molecule has 0 atom stereocenters. The summed E-state index contributed by atoms with van der Waals surface area (Å²) in [6.07, 6.45) is 5.40. The fourth-order valence-electron chi connectivity index (χ4n) is 2.10. The van der Waals surface area contributed by atoms with Crippen LogP contribution >= 0.6 is 0 Å². The number of hydrogen-bond acceptors (Lipinski definition) is 3. The Hall–Kier alpha value is -2.40. The van der Waals surface area contributed by atoms with Gasteiger partial charge >= 0.3 is 0 Å². The maximum absolute atomic E-state index is 12.1. The van der Waals surface area contributed by atoms with Gasteiger partial charge < -0.3 is 15.6 Å². The van der Waals surface area contributed by atoms with Gasteiger partial charge in [0.05, 0.1) is 0 Å². The van der Waals surface area contributed by atoms with Crippen molar-refractivity contribution in [1.29, 1.82) is 0 Å². The van der Waals surface area contributed by atoms with Crippen LogP contribution in [-0.4, -0.2) is 16.9 Å². The standard InChI is InChI=1S/C16H17N3O2/c20-15-6-7-17-10-14(15)16(21)19-13-3-1-2-11(8-13)9-18-12-4-5-12/h1-3,6-8,10,12,18H,4-5,9H2,(H,17,20)(H,19,21). The Kier molecular flexibility index (Phi) is 3.83. The number of pyridine rings is 1. The van der Waals surface area contributed by atoms with Crippen LogP contribution in [0.25, 0.3) is 0 Å². The number of anilines is 1. The van der Waals surface area contributed by atoms with Crippen molar-refractivity contribution >= 4 is 11.6 Å². The van der Waals surface area contributed by atoms with Gasteiger partial charge in [-0.2, -0.15) is 0 Å². The smallest absolute Gasteiger partial charge is 0.261 e. The van der Waals surface area contributed by atoms with E-state index in [2.05, 4.69) is 15.6 Å². The number of carbonyl (C=O) groups excluding carboxylic acids is 1. The summed E-state index contributed by atoms with van der Waals surface area (Å²) in [5.74, 6) is -0.399. The van der Waals surface area contributed by atoms with Crippen LogP contribution in [0.3, 0.4) is 0 Å². The first kappa shape index (κ1) is 13.6. The lowest BCUT2D eigenvalue weighted by molar-refractivity contribution is 0.102. The lowest BCUT2D eigenvalue weighted by atomic mass is 10.2. The van der Waals surface area contributed by atoms with Crippen LogP contribution < -0.4 is 16.1 Å². The van der Waals surface area contributed by atoms with Crippen LogP contribution in [0.15, 0.2) is 47.5 Å². The Labute approximate surface area is 122 Å². The number of aromatic amines is 1. The van der Waals surface area contributed by atoms with Gasteiger partial charge in [-0.1, -0.05) is 12.1 Å². The maximum atomic E-state index is 12.1. The maximum Gasteiger partial charge on any atom is 0.261 e. The van der Waals surface area contributed by atoms with Crippen LogP contribution in [-0.2, 0) is 6.54 Å². The topological polar surface area (TPSA) is 74.0 Å². The summed E-state index contributed by atoms with van der Waals surface area (Å²) < 4.78 is 0. The van der Waals surface area contributed by atoms with Crippen molar-refractivity contribution in [2.45, 2.75) is 25.4 Å². The van der Waals surface area contributed by atoms with Gasteiger partial charge in [0.1, 0.15) is 5.56 Å². The molecule has 108 valence electrons. The second-order valence-electron chi connectivity index (χ2n) is 5.23.